The number of halogens is 1. The van der Waals surface area contributed by atoms with Crippen LogP contribution in [-0.2, 0) is 16.2 Å². The molecule has 0 bridgehead atoms. The van der Waals surface area contributed by atoms with E-state index in [4.69, 9.17) is 0 Å². The summed E-state index contributed by atoms with van der Waals surface area (Å²) < 4.78 is 14.1. The molecule has 1 spiro atoms. The number of anilines is 3. The molecular formula is C67H54FN. The molecule has 2 heteroatoms. The second kappa shape index (κ2) is 15.9. The number of hydrogen-bond donors (Lipinski definition) is 0. The molecule has 69 heavy (non-hydrogen) atoms. The first-order chi connectivity index (χ1) is 33.4. The highest BCUT2D eigenvalue weighted by molar-refractivity contribution is 6.06. The summed E-state index contributed by atoms with van der Waals surface area (Å²) in [4.78, 5) is 2.43. The maximum atomic E-state index is 14.1. The zero-order valence-electron chi connectivity index (χ0n) is 40.1. The Labute approximate surface area is 406 Å². The number of fused-ring (bicyclic) bond motifs is 11. The summed E-state index contributed by atoms with van der Waals surface area (Å²) in [5.41, 5.74) is 22.6. The Kier molecular flexibility index (Phi) is 9.80. The topological polar surface area (TPSA) is 3.24 Å². The Morgan fingerprint density at radius 1 is 0.333 bits per heavy atom. The van der Waals surface area contributed by atoms with Crippen molar-refractivity contribution < 1.29 is 4.39 Å². The van der Waals surface area contributed by atoms with Crippen LogP contribution in [0.15, 0.2) is 218 Å². The van der Waals surface area contributed by atoms with Crippen LogP contribution in [-0.4, -0.2) is 0 Å². The summed E-state index contributed by atoms with van der Waals surface area (Å²) in [6, 6.07) is 79.3. The van der Waals surface area contributed by atoms with E-state index in [-0.39, 0.29) is 16.6 Å². The van der Waals surface area contributed by atoms with E-state index in [0.29, 0.717) is 0 Å². The van der Waals surface area contributed by atoms with Crippen molar-refractivity contribution in [1.82, 2.24) is 0 Å². The molecule has 0 heterocycles. The molecule has 2 aliphatic rings. The summed E-state index contributed by atoms with van der Waals surface area (Å²) in [6.45, 7) is 14.0. The molecule has 2 aliphatic carbocycles. The predicted octanol–water partition coefficient (Wildman–Crippen LogP) is 18.4. The van der Waals surface area contributed by atoms with Crippen molar-refractivity contribution in [1.29, 1.82) is 0 Å². The fourth-order valence-corrected chi connectivity index (χ4v) is 11.4. The highest BCUT2D eigenvalue weighted by atomic mass is 19.1. The van der Waals surface area contributed by atoms with E-state index < -0.39 is 5.41 Å². The van der Waals surface area contributed by atoms with Gasteiger partial charge in [0.15, 0.2) is 0 Å². The van der Waals surface area contributed by atoms with Crippen molar-refractivity contribution in [3.8, 4) is 55.6 Å². The van der Waals surface area contributed by atoms with Gasteiger partial charge in [-0.05, 0) is 159 Å². The third kappa shape index (κ3) is 6.87. The molecule has 0 N–H and O–H groups in total. The lowest BCUT2D eigenvalue weighted by atomic mass is 9.68. The molecule has 0 aliphatic heterocycles. The molecule has 0 radical (unpaired) electrons. The lowest BCUT2D eigenvalue weighted by molar-refractivity contribution is 0.586. The average Bonchev–Trinajstić information content (AvgIpc) is 3.83. The largest absolute Gasteiger partial charge is 0.310 e. The van der Waals surface area contributed by atoms with Gasteiger partial charge < -0.3 is 4.90 Å². The Morgan fingerprint density at radius 2 is 0.754 bits per heavy atom. The molecular weight excluding hydrogens is 838 g/mol. The molecule has 0 aromatic heterocycles. The van der Waals surface area contributed by atoms with Gasteiger partial charge >= 0.3 is 0 Å². The molecule has 10 aromatic carbocycles. The molecule has 12 rings (SSSR count). The third-order valence-corrected chi connectivity index (χ3v) is 14.9. The van der Waals surface area contributed by atoms with Crippen LogP contribution < -0.4 is 4.90 Å². The first-order valence-electron chi connectivity index (χ1n) is 24.3. The van der Waals surface area contributed by atoms with Crippen LogP contribution >= 0.6 is 0 Å². The summed E-state index contributed by atoms with van der Waals surface area (Å²) in [7, 11) is 0. The Bertz CT molecular complexity index is 3540. The van der Waals surface area contributed by atoms with Gasteiger partial charge in [0.1, 0.15) is 5.82 Å². The first-order valence-corrected chi connectivity index (χ1v) is 24.3. The zero-order chi connectivity index (χ0) is 47.2. The molecule has 334 valence electrons. The van der Waals surface area contributed by atoms with Crippen molar-refractivity contribution in [2.45, 2.75) is 57.8 Å². The van der Waals surface area contributed by atoms with Gasteiger partial charge in [-0.1, -0.05) is 211 Å². The maximum absolute atomic E-state index is 14.1. The highest BCUT2D eigenvalue weighted by Gasteiger charge is 2.52. The summed E-state index contributed by atoms with van der Waals surface area (Å²) in [5.74, 6) is -0.237. The van der Waals surface area contributed by atoms with E-state index in [1.165, 1.54) is 66.8 Å². The lowest BCUT2D eigenvalue weighted by Gasteiger charge is -2.34. The average molecular weight is 892 g/mol. The van der Waals surface area contributed by atoms with Crippen LogP contribution in [0, 0.1) is 5.82 Å². The number of benzene rings is 10. The second-order valence-electron chi connectivity index (χ2n) is 21.1. The van der Waals surface area contributed by atoms with Crippen LogP contribution in [0.5, 0.6) is 0 Å². The van der Waals surface area contributed by atoms with E-state index in [1.807, 2.05) is 12.1 Å². The Morgan fingerprint density at radius 3 is 1.30 bits per heavy atom. The smallest absolute Gasteiger partial charge is 0.123 e. The summed E-state index contributed by atoms with van der Waals surface area (Å²) >= 11 is 0. The van der Waals surface area contributed by atoms with Crippen molar-refractivity contribution in [3.05, 3.63) is 258 Å². The van der Waals surface area contributed by atoms with E-state index >= 15 is 0 Å². The maximum Gasteiger partial charge on any atom is 0.123 e. The van der Waals surface area contributed by atoms with Gasteiger partial charge in [0.05, 0.1) is 5.41 Å². The number of rotatable bonds is 6. The van der Waals surface area contributed by atoms with Crippen molar-refractivity contribution in [2.24, 2.45) is 0 Å². The van der Waals surface area contributed by atoms with Gasteiger partial charge in [0, 0.05) is 17.1 Å². The molecule has 0 saturated heterocycles. The van der Waals surface area contributed by atoms with Crippen LogP contribution in [0.4, 0.5) is 21.5 Å². The van der Waals surface area contributed by atoms with Crippen molar-refractivity contribution >= 4 is 27.8 Å². The highest BCUT2D eigenvalue weighted by Crippen LogP contribution is 2.64. The molecule has 10 aromatic rings. The van der Waals surface area contributed by atoms with Crippen molar-refractivity contribution in [2.75, 3.05) is 4.90 Å². The van der Waals surface area contributed by atoms with E-state index in [2.05, 4.69) is 241 Å². The van der Waals surface area contributed by atoms with Gasteiger partial charge in [-0.3, -0.25) is 0 Å². The fourth-order valence-electron chi connectivity index (χ4n) is 11.4. The molecule has 0 atom stereocenters. The minimum absolute atomic E-state index is 0.0339. The van der Waals surface area contributed by atoms with E-state index in [1.54, 1.807) is 12.1 Å². The number of nitrogens with zero attached hydrogens (tertiary/aromatic N) is 1. The number of hydrogen-bond acceptors (Lipinski definition) is 1. The Hall–Kier alpha value is -7.81. The lowest BCUT2D eigenvalue weighted by Crippen LogP contribution is -2.27. The van der Waals surface area contributed by atoms with Gasteiger partial charge in [-0.15, -0.1) is 0 Å². The molecule has 0 saturated carbocycles. The standard InChI is InChI=1S/C67H54FN/c1-65(2,3)48-28-37-57-58-38-29-49(66(4,5)6)41-62(58)67(61(57)40-48)60-21-11-10-18-56(60)59-39-36-53(42-63(59)67)69(51-32-24-44(25-33-51)43-14-8-7-9-15-43)52-34-26-46(27-35-52)55-20-13-17-47-16-12-19-54(64(47)55)45-22-30-50(68)31-23-45/h7-42H,1-6H3. The SMILES string of the molecule is CC(C)(C)c1ccc2c(c1)C1(c3ccccc3-c3ccc(N(c4ccc(-c5ccccc5)cc4)c4ccc(-c5cccc6cccc(-c7ccc(F)cc7)c56)cc4)cc31)c1cc(C(C)(C)C)ccc1-2. The summed E-state index contributed by atoms with van der Waals surface area (Å²) in [6.07, 6.45) is 0. The zero-order valence-corrected chi connectivity index (χ0v) is 40.1. The molecule has 0 fully saturated rings. The summed E-state index contributed by atoms with van der Waals surface area (Å²) in [5, 5.41) is 2.29. The molecule has 0 amide bonds. The minimum Gasteiger partial charge on any atom is -0.310 e. The quantitative estimate of drug-likeness (QED) is 0.161. The Balaban J connectivity index is 1.07. The van der Waals surface area contributed by atoms with Crippen LogP contribution in [0.1, 0.15) is 74.9 Å². The molecule has 1 nitrogen and oxygen atoms in total. The normalized spacial score (nSPS) is 13.3. The van der Waals surface area contributed by atoms with E-state index in [9.17, 15) is 4.39 Å². The van der Waals surface area contributed by atoms with Gasteiger partial charge in [-0.25, -0.2) is 4.39 Å². The van der Waals surface area contributed by atoms with Crippen molar-refractivity contribution in [3.63, 3.8) is 0 Å². The van der Waals surface area contributed by atoms with Crippen LogP contribution in [0.25, 0.3) is 66.4 Å². The second-order valence-corrected chi connectivity index (χ2v) is 21.1. The first kappa shape index (κ1) is 42.5. The van der Waals surface area contributed by atoms with E-state index in [0.717, 1.165) is 50.1 Å². The monoisotopic (exact) mass is 891 g/mol. The van der Waals surface area contributed by atoms with Gasteiger partial charge in [0.2, 0.25) is 0 Å². The third-order valence-electron chi connectivity index (χ3n) is 14.9. The van der Waals surface area contributed by atoms with Gasteiger partial charge in [0.25, 0.3) is 0 Å². The molecule has 0 unspecified atom stereocenters. The van der Waals surface area contributed by atoms with Gasteiger partial charge in [-0.2, -0.15) is 0 Å². The fraction of sp³-hybridized carbons (Fsp3) is 0.134. The van der Waals surface area contributed by atoms with Crippen LogP contribution in [0.3, 0.4) is 0 Å². The predicted molar refractivity (Wildman–Crippen MR) is 289 cm³/mol. The minimum atomic E-state index is -0.529. The van der Waals surface area contributed by atoms with Crippen LogP contribution in [0.2, 0.25) is 0 Å².